The first kappa shape index (κ1) is 58.2. The fourth-order valence-corrected chi connectivity index (χ4v) is 7.06. The molecule has 0 saturated heterocycles. The Kier molecular flexibility index (Phi) is 41.8. The maximum absolute atomic E-state index is 12.7. The van der Waals surface area contributed by atoms with E-state index in [2.05, 4.69) is 67.0 Å². The molecule has 0 radical (unpaired) electrons. The lowest BCUT2D eigenvalue weighted by molar-refractivity contribution is -0.161. The standard InChI is InChI=1S/C49H86NO10P/c1-3-5-7-9-11-13-15-17-19-21-23-25-26-28-30-32-34-36-38-40-47(51)57-42-45(43-58-61(55,56)59-44-46(50)49(53)54)60-48(52)41-39-37-35-33-31-29-27-24-22-20-18-16-14-12-10-8-6-4-2/h11,13,17,19,23,25,28,30,34,36,45-46H,3-10,12,14-16,18,20-22,24,26-27,29,31-33,35,37-44,50H2,1-2H3,(H,53,54)(H,55,56)/b13-11+,19-17+,25-23+,30-28+,36-34+/t45-,46+/m1/s1. The Hall–Kier alpha value is -2.82. The molecule has 12 heteroatoms. The number of hydrogen-bond donors (Lipinski definition) is 3. The molecule has 0 aliphatic heterocycles. The molecule has 0 aromatic heterocycles. The quantitative estimate of drug-likeness (QED) is 0.0230. The van der Waals surface area contributed by atoms with Crippen LogP contribution in [0, 0.1) is 0 Å². The number of carbonyl (C=O) groups excluding carboxylic acids is 2. The number of esters is 2. The van der Waals surface area contributed by atoms with E-state index in [9.17, 15) is 23.8 Å². The average Bonchev–Trinajstić information content (AvgIpc) is 3.24. The van der Waals surface area contributed by atoms with E-state index < -0.39 is 51.1 Å². The van der Waals surface area contributed by atoms with E-state index >= 15 is 0 Å². The van der Waals surface area contributed by atoms with Crippen molar-refractivity contribution in [3.63, 3.8) is 0 Å². The molecule has 0 saturated carbocycles. The van der Waals surface area contributed by atoms with Gasteiger partial charge in [-0.15, -0.1) is 0 Å². The monoisotopic (exact) mass is 880 g/mol. The second kappa shape index (κ2) is 43.8. The predicted molar refractivity (Wildman–Crippen MR) is 249 cm³/mol. The van der Waals surface area contributed by atoms with Crippen molar-refractivity contribution in [2.24, 2.45) is 5.73 Å². The summed E-state index contributed by atoms with van der Waals surface area (Å²) in [4.78, 5) is 46.0. The summed E-state index contributed by atoms with van der Waals surface area (Å²) in [6.45, 7) is 2.72. The van der Waals surface area contributed by atoms with Gasteiger partial charge in [-0.1, -0.05) is 197 Å². The number of phosphoric ester groups is 1. The summed E-state index contributed by atoms with van der Waals surface area (Å²) in [6, 6.07) is -1.53. The van der Waals surface area contributed by atoms with Crippen molar-refractivity contribution in [2.75, 3.05) is 19.8 Å². The molecule has 0 rings (SSSR count). The van der Waals surface area contributed by atoms with E-state index in [-0.39, 0.29) is 19.4 Å². The number of carbonyl (C=O) groups is 3. The van der Waals surface area contributed by atoms with E-state index in [0.717, 1.165) is 44.9 Å². The van der Waals surface area contributed by atoms with Crippen molar-refractivity contribution in [1.82, 2.24) is 0 Å². The van der Waals surface area contributed by atoms with Gasteiger partial charge in [0.15, 0.2) is 6.10 Å². The number of rotatable bonds is 44. The van der Waals surface area contributed by atoms with Gasteiger partial charge in [-0.3, -0.25) is 23.4 Å². The number of carboxylic acid groups (broad SMARTS) is 1. The molecule has 1 unspecified atom stereocenters. The van der Waals surface area contributed by atoms with Gasteiger partial charge in [-0.25, -0.2) is 4.57 Å². The molecule has 61 heavy (non-hydrogen) atoms. The minimum atomic E-state index is -4.74. The summed E-state index contributed by atoms with van der Waals surface area (Å²) in [5, 5.41) is 8.90. The molecule has 0 spiro atoms. The summed E-state index contributed by atoms with van der Waals surface area (Å²) >= 11 is 0. The third kappa shape index (κ3) is 43.6. The van der Waals surface area contributed by atoms with Crippen molar-refractivity contribution in [3.05, 3.63) is 60.8 Å². The highest BCUT2D eigenvalue weighted by molar-refractivity contribution is 7.47. The van der Waals surface area contributed by atoms with Crippen molar-refractivity contribution in [3.8, 4) is 0 Å². The van der Waals surface area contributed by atoms with E-state index in [4.69, 9.17) is 24.8 Å². The highest BCUT2D eigenvalue weighted by Crippen LogP contribution is 2.43. The molecular formula is C49H86NO10P. The lowest BCUT2D eigenvalue weighted by atomic mass is 10.0. The highest BCUT2D eigenvalue weighted by Gasteiger charge is 2.28. The van der Waals surface area contributed by atoms with Crippen LogP contribution in [-0.2, 0) is 37.5 Å². The van der Waals surface area contributed by atoms with Gasteiger partial charge in [0.25, 0.3) is 0 Å². The molecule has 0 fully saturated rings. The lowest BCUT2D eigenvalue weighted by Crippen LogP contribution is -2.34. The normalized spacial score (nSPS) is 14.2. The SMILES string of the molecule is CCCCC/C=C/C/C=C/C/C=C/C/C=C/C/C=C/CCC(=O)OC[C@H](COP(=O)(O)OC[C@H](N)C(=O)O)OC(=O)CCCCCCCCCCCCCCCCCCCC. The maximum Gasteiger partial charge on any atom is 0.472 e. The first-order valence-electron chi connectivity index (χ1n) is 23.8. The molecule has 11 nitrogen and oxygen atoms in total. The fourth-order valence-electron chi connectivity index (χ4n) is 6.28. The van der Waals surface area contributed by atoms with Crippen molar-refractivity contribution in [1.29, 1.82) is 0 Å². The Morgan fingerprint density at radius 2 is 0.902 bits per heavy atom. The van der Waals surface area contributed by atoms with E-state index in [1.165, 1.54) is 116 Å². The van der Waals surface area contributed by atoms with Crippen molar-refractivity contribution < 1.29 is 47.5 Å². The van der Waals surface area contributed by atoms with Gasteiger partial charge in [0.1, 0.15) is 12.6 Å². The second-order valence-corrected chi connectivity index (χ2v) is 17.3. The number of hydrogen-bond acceptors (Lipinski definition) is 9. The molecule has 0 heterocycles. The first-order chi connectivity index (χ1) is 29.6. The van der Waals surface area contributed by atoms with Gasteiger partial charge < -0.3 is 25.2 Å². The number of nitrogens with two attached hydrogens (primary N) is 1. The van der Waals surface area contributed by atoms with Crippen LogP contribution < -0.4 is 5.73 Å². The summed E-state index contributed by atoms with van der Waals surface area (Å²) < 4.78 is 32.7. The van der Waals surface area contributed by atoms with Crippen LogP contribution in [0.3, 0.4) is 0 Å². The maximum atomic E-state index is 12.7. The van der Waals surface area contributed by atoms with Crippen LogP contribution in [0.1, 0.15) is 200 Å². The van der Waals surface area contributed by atoms with Gasteiger partial charge in [-0.2, -0.15) is 0 Å². The zero-order valence-corrected chi connectivity index (χ0v) is 39.1. The van der Waals surface area contributed by atoms with E-state index in [0.29, 0.717) is 12.8 Å². The Morgan fingerprint density at radius 1 is 0.508 bits per heavy atom. The molecule has 0 amide bonds. The van der Waals surface area contributed by atoms with E-state index in [1.54, 1.807) is 0 Å². The zero-order valence-electron chi connectivity index (χ0n) is 38.2. The van der Waals surface area contributed by atoms with Gasteiger partial charge in [0.05, 0.1) is 13.2 Å². The minimum Gasteiger partial charge on any atom is -0.480 e. The summed E-state index contributed by atoms with van der Waals surface area (Å²) in [6.07, 6.45) is 51.5. The molecule has 3 atom stereocenters. The van der Waals surface area contributed by atoms with Gasteiger partial charge >= 0.3 is 25.7 Å². The van der Waals surface area contributed by atoms with Crippen LogP contribution in [0.5, 0.6) is 0 Å². The lowest BCUT2D eigenvalue weighted by Gasteiger charge is -2.20. The van der Waals surface area contributed by atoms with Gasteiger partial charge in [0.2, 0.25) is 0 Å². The predicted octanol–water partition coefficient (Wildman–Crippen LogP) is 13.1. The molecule has 0 bridgehead atoms. The number of aliphatic carboxylic acids is 1. The molecule has 0 aromatic rings. The topological polar surface area (TPSA) is 172 Å². The third-order valence-electron chi connectivity index (χ3n) is 10.0. The zero-order chi connectivity index (χ0) is 44.9. The number of allylic oxidation sites excluding steroid dienone is 10. The van der Waals surface area contributed by atoms with Crippen LogP contribution >= 0.6 is 7.82 Å². The fraction of sp³-hybridized carbons (Fsp3) is 0.735. The Balaban J connectivity index is 4.41. The molecule has 0 aromatic carbocycles. The van der Waals surface area contributed by atoms with Crippen LogP contribution in [-0.4, -0.2) is 59.9 Å². The molecule has 0 aliphatic carbocycles. The van der Waals surface area contributed by atoms with Crippen LogP contribution in [0.2, 0.25) is 0 Å². The smallest absolute Gasteiger partial charge is 0.472 e. The number of unbranched alkanes of at least 4 members (excludes halogenated alkanes) is 20. The largest absolute Gasteiger partial charge is 0.480 e. The summed E-state index contributed by atoms with van der Waals surface area (Å²) in [5.74, 6) is -2.48. The highest BCUT2D eigenvalue weighted by atomic mass is 31.2. The van der Waals surface area contributed by atoms with Crippen molar-refractivity contribution in [2.45, 2.75) is 212 Å². The minimum absolute atomic E-state index is 0.0978. The van der Waals surface area contributed by atoms with Crippen LogP contribution in [0.25, 0.3) is 0 Å². The summed E-state index contributed by atoms with van der Waals surface area (Å²) in [7, 11) is -4.74. The third-order valence-corrected chi connectivity index (χ3v) is 11.0. The molecule has 0 aliphatic rings. The molecule has 352 valence electrons. The number of phosphoric acid groups is 1. The summed E-state index contributed by atoms with van der Waals surface area (Å²) in [5.41, 5.74) is 5.34. The van der Waals surface area contributed by atoms with Crippen molar-refractivity contribution >= 4 is 25.7 Å². The van der Waals surface area contributed by atoms with Crippen LogP contribution in [0.15, 0.2) is 60.8 Å². The van der Waals surface area contributed by atoms with Gasteiger partial charge in [-0.05, 0) is 51.4 Å². The van der Waals surface area contributed by atoms with Gasteiger partial charge in [0, 0.05) is 12.8 Å². The number of ether oxygens (including phenoxy) is 2. The van der Waals surface area contributed by atoms with E-state index in [1.807, 2.05) is 12.2 Å². The Labute approximate surface area is 370 Å². The molecular weight excluding hydrogens is 794 g/mol. The number of carboxylic acids is 1. The Bertz CT molecular complexity index is 1260. The average molecular weight is 880 g/mol. The second-order valence-electron chi connectivity index (χ2n) is 15.9. The molecule has 4 N–H and O–H groups in total. The van der Waals surface area contributed by atoms with Crippen LogP contribution in [0.4, 0.5) is 0 Å². The Morgan fingerprint density at radius 3 is 1.36 bits per heavy atom. The first-order valence-corrected chi connectivity index (χ1v) is 25.3.